The molecule has 2 aliphatic heterocycles. The van der Waals surface area contributed by atoms with E-state index in [-0.39, 0.29) is 24.1 Å². The zero-order valence-corrected chi connectivity index (χ0v) is 22.7. The fourth-order valence-corrected chi connectivity index (χ4v) is 5.36. The molecule has 9 nitrogen and oxygen atoms in total. The highest BCUT2D eigenvalue weighted by Gasteiger charge is 2.42. The molecule has 0 fully saturated rings. The lowest BCUT2D eigenvalue weighted by atomic mass is 10.1. The van der Waals surface area contributed by atoms with Gasteiger partial charge in [0.25, 0.3) is 5.91 Å². The molecule has 2 N–H and O–H groups in total. The van der Waals surface area contributed by atoms with Gasteiger partial charge in [-0.15, -0.1) is 0 Å². The highest BCUT2D eigenvalue weighted by molar-refractivity contribution is 8.15. The molecule has 2 atom stereocenters. The van der Waals surface area contributed by atoms with E-state index >= 15 is 0 Å². The van der Waals surface area contributed by atoms with Gasteiger partial charge in [-0.2, -0.15) is 4.99 Å². The van der Waals surface area contributed by atoms with Crippen LogP contribution in [-0.4, -0.2) is 58.6 Å². The van der Waals surface area contributed by atoms with Crippen molar-refractivity contribution in [3.63, 3.8) is 0 Å². The van der Waals surface area contributed by atoms with Gasteiger partial charge in [0.2, 0.25) is 11.8 Å². The van der Waals surface area contributed by atoms with Crippen LogP contribution in [0, 0.1) is 0 Å². The lowest BCUT2D eigenvalue weighted by Crippen LogP contribution is -2.45. The molecule has 2 aromatic rings. The van der Waals surface area contributed by atoms with E-state index in [4.69, 9.17) is 9.73 Å². The van der Waals surface area contributed by atoms with Gasteiger partial charge in [0.05, 0.1) is 18.0 Å². The summed E-state index contributed by atoms with van der Waals surface area (Å²) in [6, 6.07) is 14.0. The van der Waals surface area contributed by atoms with Crippen LogP contribution in [0.3, 0.4) is 0 Å². The van der Waals surface area contributed by atoms with Crippen LogP contribution < -0.4 is 15.4 Å². The Labute approximate surface area is 227 Å². The molecular weight excluding hydrogens is 502 g/mol. The molecule has 0 aliphatic carbocycles. The minimum Gasteiger partial charge on any atom is -0.497 e. The molecule has 0 saturated carbocycles. The monoisotopic (exact) mass is 535 g/mol. The number of rotatable bonds is 11. The van der Waals surface area contributed by atoms with Gasteiger partial charge in [0.15, 0.2) is 5.17 Å². The molecule has 3 amide bonds. The predicted octanol–water partition coefficient (Wildman–Crippen LogP) is 4.50. The lowest BCUT2D eigenvalue weighted by Gasteiger charge is -2.32. The Balaban J connectivity index is 1.55. The fraction of sp³-hybridized carbons (Fsp3) is 0.393. The Morgan fingerprint density at radius 3 is 2.71 bits per heavy atom. The molecule has 0 aromatic heterocycles. The number of amides is 3. The predicted molar refractivity (Wildman–Crippen MR) is 151 cm³/mol. The van der Waals surface area contributed by atoms with Gasteiger partial charge in [-0.1, -0.05) is 50.2 Å². The molecule has 38 heavy (non-hydrogen) atoms. The standard InChI is InChI=1S/C28H33N5O4S/c1-4-6-16-29-24(34)15-14-22-26(35)32-25-20-12-7-8-13-21(20)31-28(33(22)25)38-23(5-2)27(36)30-18-10-9-11-19(17-18)37-3/h7-13,17,22-23H,4-6,14-16H2,1-3H3,(H,29,34)(H,30,36). The maximum absolute atomic E-state index is 13.2. The molecular formula is C28H33N5O4S. The van der Waals surface area contributed by atoms with E-state index < -0.39 is 11.3 Å². The quantitative estimate of drug-likeness (QED) is 0.410. The molecule has 2 heterocycles. The van der Waals surface area contributed by atoms with E-state index in [0.717, 1.165) is 18.4 Å². The first-order chi connectivity index (χ1) is 18.4. The first-order valence-electron chi connectivity index (χ1n) is 12.9. The number of nitrogens with one attached hydrogen (secondary N) is 2. The van der Waals surface area contributed by atoms with E-state index in [9.17, 15) is 14.4 Å². The fourth-order valence-electron chi connectivity index (χ4n) is 4.29. The van der Waals surface area contributed by atoms with Crippen LogP contribution >= 0.6 is 11.8 Å². The number of unbranched alkanes of at least 4 members (excludes halogenated alkanes) is 1. The first-order valence-corrected chi connectivity index (χ1v) is 13.8. The summed E-state index contributed by atoms with van der Waals surface area (Å²) in [7, 11) is 1.58. The van der Waals surface area contributed by atoms with Crippen LogP contribution in [0.1, 0.15) is 51.5 Å². The largest absolute Gasteiger partial charge is 0.497 e. The zero-order chi connectivity index (χ0) is 27.1. The lowest BCUT2D eigenvalue weighted by molar-refractivity contribution is -0.122. The molecule has 0 spiro atoms. The Morgan fingerprint density at radius 1 is 1.13 bits per heavy atom. The summed E-state index contributed by atoms with van der Waals surface area (Å²) >= 11 is 1.30. The van der Waals surface area contributed by atoms with Gasteiger partial charge in [0, 0.05) is 30.3 Å². The third-order valence-electron chi connectivity index (χ3n) is 6.35. The minimum atomic E-state index is -0.652. The van der Waals surface area contributed by atoms with E-state index in [1.165, 1.54) is 11.8 Å². The second-order valence-corrected chi connectivity index (χ2v) is 10.2. The van der Waals surface area contributed by atoms with Gasteiger partial charge in [-0.05, 0) is 43.5 Å². The number of benzene rings is 2. The Hall–Kier alpha value is -3.66. The smallest absolute Gasteiger partial charge is 0.270 e. The average molecular weight is 536 g/mol. The second kappa shape index (κ2) is 12.7. The van der Waals surface area contributed by atoms with Crippen LogP contribution in [0.5, 0.6) is 5.75 Å². The number of para-hydroxylation sites is 1. The maximum atomic E-state index is 13.2. The van der Waals surface area contributed by atoms with Crippen molar-refractivity contribution in [3.05, 3.63) is 54.1 Å². The molecule has 0 radical (unpaired) electrons. The van der Waals surface area contributed by atoms with Crippen molar-refractivity contribution in [1.82, 2.24) is 10.2 Å². The summed E-state index contributed by atoms with van der Waals surface area (Å²) in [6.07, 6.45) is 2.95. The SMILES string of the molecule is CCCCNC(=O)CCC1C(=O)N=C2c3ccccc3N=C(SC(CC)C(=O)Nc3cccc(OC)c3)N21. The average Bonchev–Trinajstić information content (AvgIpc) is 3.26. The second-order valence-electron chi connectivity index (χ2n) is 9.05. The number of hydrogen-bond donors (Lipinski definition) is 2. The maximum Gasteiger partial charge on any atom is 0.270 e. The number of fused-ring (bicyclic) bond motifs is 3. The van der Waals surface area contributed by atoms with Crippen LogP contribution in [0.15, 0.2) is 58.5 Å². The van der Waals surface area contributed by atoms with Crippen molar-refractivity contribution in [2.75, 3.05) is 19.0 Å². The van der Waals surface area contributed by atoms with E-state index in [2.05, 4.69) is 22.5 Å². The first kappa shape index (κ1) is 27.4. The summed E-state index contributed by atoms with van der Waals surface area (Å²) in [6.45, 7) is 4.62. The van der Waals surface area contributed by atoms with Crippen molar-refractivity contribution in [1.29, 1.82) is 0 Å². The van der Waals surface area contributed by atoms with Crippen LogP contribution in [0.2, 0.25) is 0 Å². The van der Waals surface area contributed by atoms with Gasteiger partial charge in [-0.25, -0.2) is 4.99 Å². The highest BCUT2D eigenvalue weighted by atomic mass is 32.2. The number of aliphatic imine (C=N–C) groups is 2. The Bertz CT molecular complexity index is 1260. The van der Waals surface area contributed by atoms with Crippen molar-refractivity contribution in [3.8, 4) is 5.75 Å². The van der Waals surface area contributed by atoms with Crippen molar-refractivity contribution < 1.29 is 19.1 Å². The molecule has 4 rings (SSSR count). The van der Waals surface area contributed by atoms with Gasteiger partial charge in [0.1, 0.15) is 17.6 Å². The number of methoxy groups -OCH3 is 1. The van der Waals surface area contributed by atoms with E-state index in [1.54, 1.807) is 24.1 Å². The summed E-state index contributed by atoms with van der Waals surface area (Å²) < 4.78 is 5.26. The van der Waals surface area contributed by atoms with Crippen LogP contribution in [0.25, 0.3) is 0 Å². The molecule has 2 aliphatic rings. The third-order valence-corrected chi connectivity index (χ3v) is 7.68. The molecule has 10 heteroatoms. The number of anilines is 1. The van der Waals surface area contributed by atoms with Crippen molar-refractivity contribution in [2.24, 2.45) is 9.98 Å². The molecule has 200 valence electrons. The number of carbonyl (C=O) groups is 3. The Morgan fingerprint density at radius 2 is 1.95 bits per heavy atom. The van der Waals surface area contributed by atoms with Crippen LogP contribution in [-0.2, 0) is 14.4 Å². The normalized spacial score (nSPS) is 16.7. The van der Waals surface area contributed by atoms with Gasteiger partial charge >= 0.3 is 0 Å². The van der Waals surface area contributed by atoms with Gasteiger partial charge in [-0.3, -0.25) is 19.3 Å². The highest BCUT2D eigenvalue weighted by Crippen LogP contribution is 2.37. The number of ether oxygens (including phenoxy) is 1. The third kappa shape index (κ3) is 6.24. The minimum absolute atomic E-state index is 0.0904. The van der Waals surface area contributed by atoms with Gasteiger partial charge < -0.3 is 15.4 Å². The zero-order valence-electron chi connectivity index (χ0n) is 21.9. The number of carbonyl (C=O) groups excluding carboxylic acids is 3. The number of thioether (sulfide) groups is 1. The van der Waals surface area contributed by atoms with E-state index in [0.29, 0.717) is 47.5 Å². The van der Waals surface area contributed by atoms with Crippen molar-refractivity contribution in [2.45, 2.75) is 57.2 Å². The summed E-state index contributed by atoms with van der Waals surface area (Å²) in [5, 5.41) is 5.92. The number of nitrogens with zero attached hydrogens (tertiary/aromatic N) is 3. The molecule has 0 saturated heterocycles. The number of amidine groups is 2. The number of hydrogen-bond acceptors (Lipinski definition) is 7. The molecule has 2 aromatic carbocycles. The molecule has 2 unspecified atom stereocenters. The van der Waals surface area contributed by atoms with Crippen LogP contribution in [0.4, 0.5) is 11.4 Å². The summed E-state index contributed by atoms with van der Waals surface area (Å²) in [4.78, 5) is 49.7. The summed E-state index contributed by atoms with van der Waals surface area (Å²) in [5.74, 6) is 0.591. The topological polar surface area (TPSA) is 112 Å². The van der Waals surface area contributed by atoms with Crippen molar-refractivity contribution >= 4 is 51.9 Å². The Kier molecular flexibility index (Phi) is 9.17. The molecule has 0 bridgehead atoms. The van der Waals surface area contributed by atoms with E-state index in [1.807, 2.05) is 43.3 Å². The summed E-state index contributed by atoms with van der Waals surface area (Å²) in [5.41, 5.74) is 2.09.